The van der Waals surface area contributed by atoms with Crippen LogP contribution in [-0.2, 0) is 4.79 Å². The van der Waals surface area contributed by atoms with Crippen LogP contribution >= 0.6 is 11.6 Å². The Balaban J connectivity index is 1.71. The summed E-state index contributed by atoms with van der Waals surface area (Å²) in [5, 5.41) is 2.92. The molecule has 0 saturated heterocycles. The number of ether oxygens (including phenoxy) is 2. The maximum atomic E-state index is 13.6. The Kier molecular flexibility index (Phi) is 4.48. The molecule has 4 nitrogen and oxygen atoms in total. The van der Waals surface area contributed by atoms with Gasteiger partial charge < -0.3 is 14.8 Å². The molecule has 2 aromatic carbocycles. The first kappa shape index (κ1) is 15.4. The fourth-order valence-corrected chi connectivity index (χ4v) is 2.36. The Hall–Kier alpha value is -2.53. The van der Waals surface area contributed by atoms with Gasteiger partial charge in [0.2, 0.25) is 5.91 Å². The number of anilines is 1. The molecule has 3 rings (SSSR count). The second-order valence-electron chi connectivity index (χ2n) is 4.82. The average molecular weight is 334 g/mol. The Labute approximate surface area is 137 Å². The number of carbonyl (C=O) groups excluding carboxylic acids is 1. The average Bonchev–Trinajstić information content (AvgIpc) is 2.54. The Morgan fingerprint density at radius 1 is 1.17 bits per heavy atom. The third kappa shape index (κ3) is 3.63. The number of hydrogen-bond acceptors (Lipinski definition) is 3. The largest absolute Gasteiger partial charge is 0.486 e. The maximum absolute atomic E-state index is 13.6. The first-order valence-electron chi connectivity index (χ1n) is 6.96. The van der Waals surface area contributed by atoms with Crippen molar-refractivity contribution in [1.82, 2.24) is 0 Å². The third-order valence-electron chi connectivity index (χ3n) is 3.21. The van der Waals surface area contributed by atoms with Gasteiger partial charge in [-0.1, -0.05) is 17.7 Å². The normalized spacial score (nSPS) is 13.1. The Morgan fingerprint density at radius 3 is 2.74 bits per heavy atom. The molecule has 1 heterocycles. The van der Waals surface area contributed by atoms with Crippen molar-refractivity contribution in [1.29, 1.82) is 0 Å². The summed E-state index contributed by atoms with van der Waals surface area (Å²) in [5.41, 5.74) is 0.732. The monoisotopic (exact) mass is 333 g/mol. The molecule has 0 atom stereocenters. The van der Waals surface area contributed by atoms with E-state index in [4.69, 9.17) is 21.1 Å². The topological polar surface area (TPSA) is 47.6 Å². The lowest BCUT2D eigenvalue weighted by Gasteiger charge is -2.18. The van der Waals surface area contributed by atoms with Gasteiger partial charge in [0.25, 0.3) is 0 Å². The fourth-order valence-electron chi connectivity index (χ4n) is 2.13. The minimum Gasteiger partial charge on any atom is -0.486 e. The summed E-state index contributed by atoms with van der Waals surface area (Å²) in [5.74, 6) is 0.333. The molecular formula is C17H13ClFNO3. The van der Waals surface area contributed by atoms with E-state index >= 15 is 0 Å². The molecule has 1 amide bonds. The number of nitrogens with one attached hydrogen (secondary N) is 1. The zero-order valence-corrected chi connectivity index (χ0v) is 12.8. The van der Waals surface area contributed by atoms with Crippen LogP contribution in [0.1, 0.15) is 5.56 Å². The fraction of sp³-hybridized carbons (Fsp3) is 0.118. The van der Waals surface area contributed by atoms with Gasteiger partial charge in [-0.05, 0) is 30.3 Å². The number of amides is 1. The molecule has 0 unspecified atom stereocenters. The van der Waals surface area contributed by atoms with Crippen molar-refractivity contribution in [2.75, 3.05) is 18.5 Å². The van der Waals surface area contributed by atoms with Crippen molar-refractivity contribution in [3.05, 3.63) is 58.9 Å². The molecule has 118 valence electrons. The lowest BCUT2D eigenvalue weighted by molar-refractivity contribution is -0.111. The molecular weight excluding hydrogens is 321 g/mol. The van der Waals surface area contributed by atoms with E-state index in [2.05, 4.69) is 5.32 Å². The molecule has 1 N–H and O–H groups in total. The quantitative estimate of drug-likeness (QED) is 0.866. The number of rotatable bonds is 3. The van der Waals surface area contributed by atoms with Crippen molar-refractivity contribution >= 4 is 29.3 Å². The zero-order chi connectivity index (χ0) is 16.2. The van der Waals surface area contributed by atoms with E-state index in [0.29, 0.717) is 30.4 Å². The summed E-state index contributed by atoms with van der Waals surface area (Å²) in [6.07, 6.45) is 2.56. The molecule has 1 aliphatic rings. The van der Waals surface area contributed by atoms with Gasteiger partial charge in [-0.2, -0.15) is 0 Å². The number of hydrogen-bond donors (Lipinski definition) is 1. The van der Waals surface area contributed by atoms with Gasteiger partial charge in [0, 0.05) is 23.4 Å². The molecule has 0 aromatic heterocycles. The van der Waals surface area contributed by atoms with Crippen LogP contribution in [0.4, 0.5) is 10.1 Å². The van der Waals surface area contributed by atoms with Gasteiger partial charge in [0.15, 0.2) is 11.5 Å². The summed E-state index contributed by atoms with van der Waals surface area (Å²) < 4.78 is 24.5. The van der Waals surface area contributed by atoms with Gasteiger partial charge in [-0.15, -0.1) is 0 Å². The first-order valence-corrected chi connectivity index (χ1v) is 7.34. The van der Waals surface area contributed by atoms with Gasteiger partial charge >= 0.3 is 0 Å². The van der Waals surface area contributed by atoms with Crippen LogP contribution in [-0.4, -0.2) is 19.1 Å². The van der Waals surface area contributed by atoms with Crippen molar-refractivity contribution in [3.63, 3.8) is 0 Å². The zero-order valence-electron chi connectivity index (χ0n) is 12.0. The van der Waals surface area contributed by atoms with Crippen LogP contribution in [0.3, 0.4) is 0 Å². The van der Waals surface area contributed by atoms with E-state index in [-0.39, 0.29) is 10.6 Å². The lowest BCUT2D eigenvalue weighted by atomic mass is 10.2. The summed E-state index contributed by atoms with van der Waals surface area (Å²) in [6, 6.07) is 9.45. The molecule has 0 fully saturated rings. The summed E-state index contributed by atoms with van der Waals surface area (Å²) in [4.78, 5) is 11.9. The van der Waals surface area contributed by atoms with E-state index < -0.39 is 11.7 Å². The SMILES string of the molecule is O=C(C=Cc1c(F)cccc1Cl)Nc1ccc2c(c1)OCCO2. The van der Waals surface area contributed by atoms with Gasteiger partial charge in [-0.25, -0.2) is 4.39 Å². The van der Waals surface area contributed by atoms with Gasteiger partial charge in [0.1, 0.15) is 19.0 Å². The van der Waals surface area contributed by atoms with Crippen molar-refractivity contribution in [2.24, 2.45) is 0 Å². The number of benzene rings is 2. The van der Waals surface area contributed by atoms with Crippen LogP contribution in [0.5, 0.6) is 11.5 Å². The van der Waals surface area contributed by atoms with Crippen LogP contribution in [0, 0.1) is 5.82 Å². The molecule has 0 radical (unpaired) electrons. The molecule has 6 heteroatoms. The predicted molar refractivity (Wildman–Crippen MR) is 86.5 cm³/mol. The van der Waals surface area contributed by atoms with E-state index in [9.17, 15) is 9.18 Å². The van der Waals surface area contributed by atoms with E-state index in [0.717, 1.165) is 0 Å². The number of carbonyl (C=O) groups is 1. The van der Waals surface area contributed by atoms with Gasteiger partial charge in [-0.3, -0.25) is 4.79 Å². The highest BCUT2D eigenvalue weighted by Crippen LogP contribution is 2.32. The minimum absolute atomic E-state index is 0.173. The molecule has 0 saturated carbocycles. The van der Waals surface area contributed by atoms with Crippen LogP contribution in [0.25, 0.3) is 6.08 Å². The molecule has 1 aliphatic heterocycles. The van der Waals surface area contributed by atoms with Crippen molar-refractivity contribution < 1.29 is 18.7 Å². The summed E-state index contributed by atoms with van der Waals surface area (Å²) >= 11 is 5.90. The molecule has 0 spiro atoms. The van der Waals surface area contributed by atoms with Crippen LogP contribution in [0.15, 0.2) is 42.5 Å². The number of fused-ring (bicyclic) bond motifs is 1. The molecule has 0 aliphatic carbocycles. The molecule has 2 aromatic rings. The molecule has 23 heavy (non-hydrogen) atoms. The standard InChI is InChI=1S/C17H13ClFNO3/c18-13-2-1-3-14(19)12(13)5-7-17(21)20-11-4-6-15-16(10-11)23-9-8-22-15/h1-7,10H,8-9H2,(H,20,21). The predicted octanol–water partition coefficient (Wildman–Crippen LogP) is 3.90. The number of halogens is 2. The third-order valence-corrected chi connectivity index (χ3v) is 3.54. The first-order chi connectivity index (χ1) is 11.1. The van der Waals surface area contributed by atoms with E-state index in [1.54, 1.807) is 24.3 Å². The van der Waals surface area contributed by atoms with Crippen LogP contribution < -0.4 is 14.8 Å². The van der Waals surface area contributed by atoms with Crippen LogP contribution in [0.2, 0.25) is 5.02 Å². The van der Waals surface area contributed by atoms with E-state index in [1.807, 2.05) is 0 Å². The molecule has 0 bridgehead atoms. The highest BCUT2D eigenvalue weighted by Gasteiger charge is 2.12. The highest BCUT2D eigenvalue weighted by molar-refractivity contribution is 6.32. The highest BCUT2D eigenvalue weighted by atomic mass is 35.5. The summed E-state index contributed by atoms with van der Waals surface area (Å²) in [7, 11) is 0. The van der Waals surface area contributed by atoms with Crippen molar-refractivity contribution in [2.45, 2.75) is 0 Å². The van der Waals surface area contributed by atoms with Crippen molar-refractivity contribution in [3.8, 4) is 11.5 Å². The summed E-state index contributed by atoms with van der Waals surface area (Å²) in [6.45, 7) is 0.973. The smallest absolute Gasteiger partial charge is 0.248 e. The second kappa shape index (κ2) is 6.71. The minimum atomic E-state index is -0.485. The Morgan fingerprint density at radius 2 is 1.96 bits per heavy atom. The maximum Gasteiger partial charge on any atom is 0.248 e. The Bertz CT molecular complexity index is 756. The van der Waals surface area contributed by atoms with Gasteiger partial charge in [0.05, 0.1) is 5.02 Å². The lowest BCUT2D eigenvalue weighted by Crippen LogP contribution is -2.16. The second-order valence-corrected chi connectivity index (χ2v) is 5.22. The van der Waals surface area contributed by atoms with E-state index in [1.165, 1.54) is 24.3 Å².